The van der Waals surface area contributed by atoms with E-state index in [2.05, 4.69) is 26.7 Å². The average molecular weight is 422 g/mol. The fourth-order valence-corrected chi connectivity index (χ4v) is 4.83. The van der Waals surface area contributed by atoms with Gasteiger partial charge in [-0.25, -0.2) is 0 Å². The van der Waals surface area contributed by atoms with Crippen molar-refractivity contribution < 1.29 is 19.4 Å². The number of amides is 1. The first-order chi connectivity index (χ1) is 14.7. The van der Waals surface area contributed by atoms with E-state index in [9.17, 15) is 9.90 Å². The minimum atomic E-state index is -0.359. The first-order valence-corrected chi connectivity index (χ1v) is 11.5. The molecule has 2 N–H and O–H groups in total. The van der Waals surface area contributed by atoms with E-state index in [1.807, 2.05) is 4.68 Å². The van der Waals surface area contributed by atoms with Crippen molar-refractivity contribution in [2.45, 2.75) is 75.7 Å². The largest absolute Gasteiger partial charge is 0.394 e. The van der Waals surface area contributed by atoms with E-state index in [-0.39, 0.29) is 30.8 Å². The van der Waals surface area contributed by atoms with E-state index >= 15 is 0 Å². The number of rotatable bonds is 8. The molecule has 0 bridgehead atoms. The van der Waals surface area contributed by atoms with Crippen molar-refractivity contribution in [3.8, 4) is 0 Å². The molecule has 1 aromatic heterocycles. The van der Waals surface area contributed by atoms with Gasteiger partial charge in [0.05, 0.1) is 44.2 Å². The van der Waals surface area contributed by atoms with Crippen molar-refractivity contribution in [1.29, 1.82) is 0 Å². The van der Waals surface area contributed by atoms with Gasteiger partial charge in [-0.15, -0.1) is 5.10 Å². The highest BCUT2D eigenvalue weighted by Gasteiger charge is 2.32. The highest BCUT2D eigenvalue weighted by atomic mass is 16.5. The summed E-state index contributed by atoms with van der Waals surface area (Å²) in [6.07, 6.45) is 9.33. The van der Waals surface area contributed by atoms with Crippen LogP contribution in [0, 0.1) is 0 Å². The summed E-state index contributed by atoms with van der Waals surface area (Å²) in [5, 5.41) is 21.5. The number of aryl methyl sites for hydroxylation is 1. The molecule has 168 valence electrons. The first kappa shape index (κ1) is 21.7. The molecule has 2 saturated heterocycles. The van der Waals surface area contributed by atoms with Gasteiger partial charge < -0.3 is 19.9 Å². The van der Waals surface area contributed by atoms with Crippen LogP contribution in [-0.4, -0.2) is 88.6 Å². The van der Waals surface area contributed by atoms with E-state index < -0.39 is 0 Å². The number of aliphatic hydroxyl groups is 1. The lowest BCUT2D eigenvalue weighted by atomic mass is 9.97. The van der Waals surface area contributed by atoms with Crippen LogP contribution in [0.3, 0.4) is 0 Å². The van der Waals surface area contributed by atoms with Crippen molar-refractivity contribution in [1.82, 2.24) is 25.2 Å². The molecule has 3 aliphatic rings. The lowest BCUT2D eigenvalue weighted by Crippen LogP contribution is -2.53. The van der Waals surface area contributed by atoms with Gasteiger partial charge in [-0.2, -0.15) is 0 Å². The highest BCUT2D eigenvalue weighted by molar-refractivity contribution is 5.78. The van der Waals surface area contributed by atoms with Crippen LogP contribution in [0.2, 0.25) is 0 Å². The molecule has 4 rings (SSSR count). The fourth-order valence-electron chi connectivity index (χ4n) is 4.83. The standard InChI is InChI=1S/C21H35N5O4/c27-15-20-18(22-21(28)14-25-9-11-29-12-10-25)6-5-17(30-20)7-8-26-13-19(23-24-26)16-3-1-2-4-16/h13,16-18,20,27H,1-12,14-15H2,(H,22,28)/t17-,18-,20+/m1/s1. The van der Waals surface area contributed by atoms with Crippen LogP contribution in [0.15, 0.2) is 6.20 Å². The Morgan fingerprint density at radius 3 is 2.77 bits per heavy atom. The second-order valence-corrected chi connectivity index (χ2v) is 8.80. The maximum atomic E-state index is 12.4. The first-order valence-electron chi connectivity index (χ1n) is 11.5. The molecule has 9 heteroatoms. The smallest absolute Gasteiger partial charge is 0.234 e. The topological polar surface area (TPSA) is 102 Å². The van der Waals surface area contributed by atoms with Crippen molar-refractivity contribution in [2.75, 3.05) is 39.5 Å². The van der Waals surface area contributed by atoms with Crippen LogP contribution in [0.25, 0.3) is 0 Å². The molecule has 0 aromatic carbocycles. The zero-order valence-electron chi connectivity index (χ0n) is 17.7. The van der Waals surface area contributed by atoms with E-state index in [1.54, 1.807) is 0 Å². The Balaban J connectivity index is 1.20. The zero-order valence-corrected chi connectivity index (χ0v) is 17.7. The summed E-state index contributed by atoms with van der Waals surface area (Å²) in [6, 6.07) is -0.139. The van der Waals surface area contributed by atoms with Gasteiger partial charge in [0, 0.05) is 31.7 Å². The monoisotopic (exact) mass is 421 g/mol. The molecule has 1 amide bonds. The van der Waals surface area contributed by atoms with Crippen molar-refractivity contribution in [2.24, 2.45) is 0 Å². The minimum Gasteiger partial charge on any atom is -0.394 e. The van der Waals surface area contributed by atoms with Gasteiger partial charge in [0.1, 0.15) is 6.10 Å². The van der Waals surface area contributed by atoms with Gasteiger partial charge in [0.15, 0.2) is 0 Å². The van der Waals surface area contributed by atoms with Crippen LogP contribution in [0.1, 0.15) is 56.6 Å². The average Bonchev–Trinajstić information content (AvgIpc) is 3.45. The van der Waals surface area contributed by atoms with E-state index in [4.69, 9.17) is 9.47 Å². The predicted molar refractivity (Wildman–Crippen MR) is 110 cm³/mol. The summed E-state index contributed by atoms with van der Waals surface area (Å²) in [6.45, 7) is 3.96. The number of carbonyl (C=O) groups is 1. The predicted octanol–water partition coefficient (Wildman–Crippen LogP) is 0.683. The Bertz CT molecular complexity index is 672. The molecular formula is C21H35N5O4. The maximum Gasteiger partial charge on any atom is 0.234 e. The van der Waals surface area contributed by atoms with Crippen molar-refractivity contribution in [3.63, 3.8) is 0 Å². The van der Waals surface area contributed by atoms with Crippen molar-refractivity contribution in [3.05, 3.63) is 11.9 Å². The van der Waals surface area contributed by atoms with Gasteiger partial charge in [0.2, 0.25) is 5.91 Å². The summed E-state index contributed by atoms with van der Waals surface area (Å²) in [4.78, 5) is 14.5. The number of hydrogen-bond acceptors (Lipinski definition) is 7. The molecule has 1 saturated carbocycles. The van der Waals surface area contributed by atoms with E-state index in [1.165, 1.54) is 25.7 Å². The molecule has 2 aliphatic heterocycles. The van der Waals surface area contributed by atoms with Crippen LogP contribution in [0.4, 0.5) is 0 Å². The highest BCUT2D eigenvalue weighted by Crippen LogP contribution is 2.32. The SMILES string of the molecule is O=C(CN1CCOCC1)N[C@@H]1CC[C@H](CCn2cc(C3CCCC3)nn2)O[C@H]1CO. The summed E-state index contributed by atoms with van der Waals surface area (Å²) in [7, 11) is 0. The molecule has 0 radical (unpaired) electrons. The molecule has 3 heterocycles. The van der Waals surface area contributed by atoms with Crippen LogP contribution in [-0.2, 0) is 20.8 Å². The maximum absolute atomic E-state index is 12.4. The molecule has 3 fully saturated rings. The van der Waals surface area contributed by atoms with Crippen LogP contribution < -0.4 is 5.32 Å². The van der Waals surface area contributed by atoms with Gasteiger partial charge in [-0.3, -0.25) is 14.4 Å². The summed E-state index contributed by atoms with van der Waals surface area (Å²) in [5.74, 6) is 0.565. The van der Waals surface area contributed by atoms with Gasteiger partial charge in [-0.1, -0.05) is 18.1 Å². The Labute approximate surface area is 178 Å². The number of aromatic nitrogens is 3. The third-order valence-corrected chi connectivity index (χ3v) is 6.62. The number of hydrogen-bond donors (Lipinski definition) is 2. The Kier molecular flexibility index (Phi) is 7.70. The summed E-state index contributed by atoms with van der Waals surface area (Å²) < 4.78 is 13.3. The summed E-state index contributed by atoms with van der Waals surface area (Å²) in [5.41, 5.74) is 1.12. The third-order valence-electron chi connectivity index (χ3n) is 6.62. The lowest BCUT2D eigenvalue weighted by molar-refractivity contribution is -0.130. The van der Waals surface area contributed by atoms with Crippen LogP contribution in [0.5, 0.6) is 0 Å². The normalized spacial score (nSPS) is 28.6. The molecule has 1 aromatic rings. The molecule has 0 spiro atoms. The quantitative estimate of drug-likeness (QED) is 0.636. The molecular weight excluding hydrogens is 386 g/mol. The van der Waals surface area contributed by atoms with E-state index in [0.717, 1.165) is 44.6 Å². The molecule has 0 unspecified atom stereocenters. The molecule has 30 heavy (non-hydrogen) atoms. The van der Waals surface area contributed by atoms with Gasteiger partial charge >= 0.3 is 0 Å². The molecule has 9 nitrogen and oxygen atoms in total. The van der Waals surface area contributed by atoms with Gasteiger partial charge in [0.25, 0.3) is 0 Å². The Morgan fingerprint density at radius 1 is 1.20 bits per heavy atom. The number of morpholine rings is 1. The Hall–Kier alpha value is -1.55. The number of carbonyl (C=O) groups excluding carboxylic acids is 1. The lowest BCUT2D eigenvalue weighted by Gasteiger charge is -2.36. The van der Waals surface area contributed by atoms with Crippen LogP contribution >= 0.6 is 0 Å². The molecule has 1 aliphatic carbocycles. The number of nitrogens with one attached hydrogen (secondary N) is 1. The third kappa shape index (κ3) is 5.78. The van der Waals surface area contributed by atoms with Gasteiger partial charge in [-0.05, 0) is 32.1 Å². The number of nitrogens with zero attached hydrogens (tertiary/aromatic N) is 4. The molecule has 3 atom stereocenters. The van der Waals surface area contributed by atoms with Crippen molar-refractivity contribution >= 4 is 5.91 Å². The summed E-state index contributed by atoms with van der Waals surface area (Å²) >= 11 is 0. The fraction of sp³-hybridized carbons (Fsp3) is 0.857. The second kappa shape index (κ2) is 10.7. The number of aliphatic hydroxyl groups excluding tert-OH is 1. The number of ether oxygens (including phenoxy) is 2. The second-order valence-electron chi connectivity index (χ2n) is 8.80. The van der Waals surface area contributed by atoms with E-state index in [0.29, 0.717) is 25.7 Å². The Morgan fingerprint density at radius 2 is 2.00 bits per heavy atom. The zero-order chi connectivity index (χ0) is 20.8. The minimum absolute atomic E-state index is 0.00976.